The molecule has 0 bridgehead atoms. The molecule has 2 aromatic rings. The first-order valence-electron chi connectivity index (χ1n) is 7.94. The molecule has 10 nitrogen and oxygen atoms in total. The number of hydrogen-bond acceptors (Lipinski definition) is 9. The predicted octanol–water partition coefficient (Wildman–Crippen LogP) is 2.55. The highest BCUT2D eigenvalue weighted by Gasteiger charge is 2.27. The Balaban J connectivity index is 2.52. The van der Waals surface area contributed by atoms with Gasteiger partial charge in [-0.15, -0.1) is 11.3 Å². The monoisotopic (exact) mass is 428 g/mol. The minimum absolute atomic E-state index is 0.247. The molecule has 0 aliphatic carbocycles. The number of anilines is 2. The van der Waals surface area contributed by atoms with E-state index in [1.165, 1.54) is 0 Å². The Morgan fingerprint density at radius 1 is 1.21 bits per heavy atom. The van der Waals surface area contributed by atoms with Gasteiger partial charge in [0.1, 0.15) is 5.60 Å². The van der Waals surface area contributed by atoms with Crippen LogP contribution in [0.25, 0.3) is 0 Å². The highest BCUT2D eigenvalue weighted by molar-refractivity contribution is 7.90. The van der Waals surface area contributed by atoms with Crippen LogP contribution in [0.2, 0.25) is 0 Å². The number of thiazole rings is 1. The van der Waals surface area contributed by atoms with Gasteiger partial charge in [0.15, 0.2) is 20.7 Å². The summed E-state index contributed by atoms with van der Waals surface area (Å²) < 4.78 is 29.4. The van der Waals surface area contributed by atoms with Crippen LogP contribution in [0.5, 0.6) is 5.88 Å². The van der Waals surface area contributed by atoms with Gasteiger partial charge in [-0.25, -0.2) is 23.2 Å². The number of rotatable bonds is 4. The molecule has 0 saturated heterocycles. The van der Waals surface area contributed by atoms with Crippen LogP contribution in [0.3, 0.4) is 0 Å². The van der Waals surface area contributed by atoms with Crippen LogP contribution in [-0.2, 0) is 14.6 Å². The van der Waals surface area contributed by atoms with Crippen molar-refractivity contribution in [2.45, 2.75) is 38.2 Å². The quantitative estimate of drug-likeness (QED) is 0.673. The van der Waals surface area contributed by atoms with E-state index in [0.29, 0.717) is 5.69 Å². The van der Waals surface area contributed by atoms with Crippen LogP contribution in [0.4, 0.5) is 15.6 Å². The van der Waals surface area contributed by atoms with Gasteiger partial charge in [0.05, 0.1) is 16.3 Å². The second kappa shape index (κ2) is 7.72. The largest absolute Gasteiger partial charge is 0.493 e. The SMILES string of the molecule is Cc1csc(NC(=O)c2nc(O)cc(S(C)(=O)=O)c2NC(=O)OC(C)(C)C)n1. The fourth-order valence-electron chi connectivity index (χ4n) is 2.06. The van der Waals surface area contributed by atoms with Gasteiger partial charge in [-0.05, 0) is 27.7 Å². The van der Waals surface area contributed by atoms with Crippen molar-refractivity contribution in [3.63, 3.8) is 0 Å². The Hall–Kier alpha value is -2.73. The molecule has 0 aliphatic heterocycles. The van der Waals surface area contributed by atoms with Crippen molar-refractivity contribution >= 4 is 44.0 Å². The number of nitrogens with zero attached hydrogens (tertiary/aromatic N) is 2. The summed E-state index contributed by atoms with van der Waals surface area (Å²) in [5, 5.41) is 16.5. The third kappa shape index (κ3) is 5.63. The van der Waals surface area contributed by atoms with E-state index in [-0.39, 0.29) is 5.13 Å². The summed E-state index contributed by atoms with van der Waals surface area (Å²) >= 11 is 1.15. The molecule has 3 N–H and O–H groups in total. The number of aromatic nitrogens is 2. The van der Waals surface area contributed by atoms with Crippen molar-refractivity contribution in [1.82, 2.24) is 9.97 Å². The Kier molecular flexibility index (Phi) is 5.94. The molecule has 0 radical (unpaired) electrons. The number of nitrogens with one attached hydrogen (secondary N) is 2. The summed E-state index contributed by atoms with van der Waals surface area (Å²) in [7, 11) is -3.93. The summed E-state index contributed by atoms with van der Waals surface area (Å²) in [4.78, 5) is 32.1. The van der Waals surface area contributed by atoms with Gasteiger partial charge in [-0.1, -0.05) is 0 Å². The predicted molar refractivity (Wildman–Crippen MR) is 104 cm³/mol. The molecule has 152 valence electrons. The van der Waals surface area contributed by atoms with Crippen molar-refractivity contribution in [2.75, 3.05) is 16.9 Å². The zero-order chi connectivity index (χ0) is 21.3. The molecule has 0 aliphatic rings. The summed E-state index contributed by atoms with van der Waals surface area (Å²) in [5.74, 6) is -1.56. The first-order chi connectivity index (χ1) is 12.8. The van der Waals surface area contributed by atoms with Gasteiger partial charge in [0, 0.05) is 17.7 Å². The number of aromatic hydroxyl groups is 1. The first kappa shape index (κ1) is 21.6. The summed E-state index contributed by atoms with van der Waals surface area (Å²) in [6.45, 7) is 6.60. The highest BCUT2D eigenvalue weighted by Crippen LogP contribution is 2.29. The molecule has 0 saturated carbocycles. The number of ether oxygens (including phenoxy) is 1. The molecule has 28 heavy (non-hydrogen) atoms. The second-order valence-electron chi connectivity index (χ2n) is 6.85. The lowest BCUT2D eigenvalue weighted by Gasteiger charge is -2.21. The van der Waals surface area contributed by atoms with Crippen LogP contribution in [0.1, 0.15) is 37.0 Å². The van der Waals surface area contributed by atoms with E-state index in [4.69, 9.17) is 4.74 Å². The lowest BCUT2D eigenvalue weighted by Crippen LogP contribution is -2.29. The average molecular weight is 428 g/mol. The fraction of sp³-hybridized carbons (Fsp3) is 0.375. The van der Waals surface area contributed by atoms with Crippen LogP contribution in [0, 0.1) is 6.92 Å². The number of amides is 2. The molecule has 0 aromatic carbocycles. The summed E-state index contributed by atoms with van der Waals surface area (Å²) in [5.41, 5.74) is -1.09. The molecule has 2 amide bonds. The molecule has 2 aromatic heterocycles. The van der Waals surface area contributed by atoms with Crippen LogP contribution < -0.4 is 10.6 Å². The zero-order valence-corrected chi connectivity index (χ0v) is 17.5. The van der Waals surface area contributed by atoms with E-state index in [9.17, 15) is 23.1 Å². The minimum Gasteiger partial charge on any atom is -0.493 e. The molecule has 2 rings (SSSR count). The van der Waals surface area contributed by atoms with Crippen LogP contribution in [-0.4, -0.2) is 47.3 Å². The van der Waals surface area contributed by atoms with Crippen LogP contribution in [0.15, 0.2) is 16.3 Å². The standard InChI is InChI=1S/C16H20N4O6S2/c1-8-7-27-14(17-8)20-13(22)12-11(19-15(23)26-16(2,3)4)9(28(5,24)25)6-10(21)18-12/h6-7H,1-5H3,(H,18,21)(H,19,23)(H,17,20,22). The van der Waals surface area contributed by atoms with Crippen molar-refractivity contribution in [3.05, 3.63) is 22.8 Å². The number of hydrogen-bond donors (Lipinski definition) is 3. The highest BCUT2D eigenvalue weighted by atomic mass is 32.2. The van der Waals surface area contributed by atoms with E-state index in [1.807, 2.05) is 0 Å². The van der Waals surface area contributed by atoms with E-state index in [0.717, 1.165) is 23.7 Å². The van der Waals surface area contributed by atoms with Crippen molar-refractivity contribution < 1.29 is 27.9 Å². The zero-order valence-electron chi connectivity index (χ0n) is 15.9. The molecule has 0 unspecified atom stereocenters. The van der Waals surface area contributed by atoms with E-state index >= 15 is 0 Å². The van der Waals surface area contributed by atoms with Crippen molar-refractivity contribution in [2.24, 2.45) is 0 Å². The molecule has 0 fully saturated rings. The maximum absolute atomic E-state index is 12.6. The first-order valence-corrected chi connectivity index (χ1v) is 10.7. The average Bonchev–Trinajstić information content (AvgIpc) is 2.90. The molecule has 0 spiro atoms. The lowest BCUT2D eigenvalue weighted by atomic mass is 10.2. The molecule has 2 heterocycles. The van der Waals surface area contributed by atoms with Gasteiger partial charge < -0.3 is 9.84 Å². The lowest BCUT2D eigenvalue weighted by molar-refractivity contribution is 0.0635. The summed E-state index contributed by atoms with van der Waals surface area (Å²) in [6.07, 6.45) is -0.113. The second-order valence-corrected chi connectivity index (χ2v) is 9.69. The fourth-order valence-corrected chi connectivity index (χ4v) is 3.58. The van der Waals surface area contributed by atoms with E-state index in [1.54, 1.807) is 33.1 Å². The maximum Gasteiger partial charge on any atom is 0.412 e. The number of aryl methyl sites for hydroxylation is 1. The molecular formula is C16H20N4O6S2. The van der Waals surface area contributed by atoms with E-state index < -0.39 is 49.6 Å². The number of sulfone groups is 1. The number of pyridine rings is 1. The van der Waals surface area contributed by atoms with Gasteiger partial charge in [0.2, 0.25) is 5.88 Å². The van der Waals surface area contributed by atoms with Crippen LogP contribution >= 0.6 is 11.3 Å². The van der Waals surface area contributed by atoms with Crippen molar-refractivity contribution in [3.8, 4) is 5.88 Å². The Bertz CT molecular complexity index is 1020. The summed E-state index contributed by atoms with van der Waals surface area (Å²) in [6, 6.07) is 0.840. The van der Waals surface area contributed by atoms with Gasteiger partial charge in [-0.2, -0.15) is 0 Å². The number of carbonyl (C=O) groups excluding carboxylic acids is 2. The third-order valence-electron chi connectivity index (χ3n) is 3.05. The van der Waals surface area contributed by atoms with Gasteiger partial charge in [-0.3, -0.25) is 15.4 Å². The smallest absolute Gasteiger partial charge is 0.412 e. The van der Waals surface area contributed by atoms with Gasteiger partial charge in [0.25, 0.3) is 5.91 Å². The topological polar surface area (TPSA) is 148 Å². The van der Waals surface area contributed by atoms with Crippen molar-refractivity contribution in [1.29, 1.82) is 0 Å². The molecule has 12 heteroatoms. The third-order valence-corrected chi connectivity index (χ3v) is 5.05. The van der Waals surface area contributed by atoms with E-state index in [2.05, 4.69) is 20.6 Å². The van der Waals surface area contributed by atoms with Gasteiger partial charge >= 0.3 is 6.09 Å². The Morgan fingerprint density at radius 3 is 2.36 bits per heavy atom. The molecular weight excluding hydrogens is 408 g/mol. The normalized spacial score (nSPS) is 11.8. The Morgan fingerprint density at radius 2 is 1.86 bits per heavy atom. The number of carbonyl (C=O) groups is 2. The Labute approximate surface area is 165 Å². The maximum atomic E-state index is 12.6. The molecule has 0 atom stereocenters. The minimum atomic E-state index is -3.93.